The topological polar surface area (TPSA) is 121 Å². The van der Waals surface area contributed by atoms with Crippen LogP contribution in [0.3, 0.4) is 0 Å². The Balaban J connectivity index is 0.000000527. The van der Waals surface area contributed by atoms with Crippen molar-refractivity contribution in [2.45, 2.75) is 71.3 Å². The Morgan fingerprint density at radius 1 is 1.09 bits per heavy atom. The molecule has 35 heavy (non-hydrogen) atoms. The van der Waals surface area contributed by atoms with Crippen LogP contribution in [0.15, 0.2) is 0 Å². The van der Waals surface area contributed by atoms with Crippen LogP contribution in [0.4, 0.5) is 0 Å². The molecule has 0 bridgehead atoms. The molecule has 0 aromatic heterocycles. The van der Waals surface area contributed by atoms with E-state index >= 15 is 0 Å². The van der Waals surface area contributed by atoms with Gasteiger partial charge in [-0.2, -0.15) is 8.42 Å². The molecule has 8 atom stereocenters. The van der Waals surface area contributed by atoms with E-state index < -0.39 is 10.1 Å². The van der Waals surface area contributed by atoms with Crippen LogP contribution in [-0.2, 0) is 24.4 Å². The summed E-state index contributed by atoms with van der Waals surface area (Å²) in [5.41, 5.74) is -0.102. The Bertz CT molecular complexity index is 909. The summed E-state index contributed by atoms with van der Waals surface area (Å²) >= 11 is 0. The van der Waals surface area contributed by atoms with Gasteiger partial charge >= 0.3 is 0 Å². The van der Waals surface area contributed by atoms with Gasteiger partial charge < -0.3 is 9.84 Å². The molecule has 0 aromatic rings. The normalized spacial score (nSPS) is 43.9. The zero-order valence-corrected chi connectivity index (χ0v) is 22.3. The molecule has 0 radical (unpaired) electrons. The average molecular weight is 514 g/mol. The van der Waals surface area contributed by atoms with E-state index in [-0.39, 0.29) is 28.8 Å². The predicted molar refractivity (Wildman–Crippen MR) is 131 cm³/mol. The third-order valence-corrected chi connectivity index (χ3v) is 10.2. The van der Waals surface area contributed by atoms with Gasteiger partial charge in [0.15, 0.2) is 0 Å². The van der Waals surface area contributed by atoms with Crippen LogP contribution >= 0.6 is 0 Å². The number of morpholine rings is 1. The van der Waals surface area contributed by atoms with E-state index in [0.29, 0.717) is 61.8 Å². The van der Waals surface area contributed by atoms with Crippen LogP contribution < -0.4 is 0 Å². The van der Waals surface area contributed by atoms with Crippen molar-refractivity contribution in [2.24, 2.45) is 40.4 Å². The van der Waals surface area contributed by atoms with Gasteiger partial charge in [0.2, 0.25) is 0 Å². The summed E-state index contributed by atoms with van der Waals surface area (Å²) in [7, 11) is -3.67. The van der Waals surface area contributed by atoms with Gasteiger partial charge in [0.05, 0.1) is 32.1 Å². The fraction of sp³-hybridized carbons (Fsp3) is 0.923. The first-order valence-electron chi connectivity index (χ1n) is 13.3. The van der Waals surface area contributed by atoms with Crippen molar-refractivity contribution in [3.05, 3.63) is 0 Å². The summed E-state index contributed by atoms with van der Waals surface area (Å²) in [6, 6.07) is 0. The highest BCUT2D eigenvalue weighted by atomic mass is 32.2. The monoisotopic (exact) mass is 513 g/mol. The minimum Gasteiger partial charge on any atom is -0.393 e. The summed E-state index contributed by atoms with van der Waals surface area (Å²) < 4.78 is 31.3. The molecule has 5 fully saturated rings. The molecule has 2 N–H and O–H groups in total. The summed E-state index contributed by atoms with van der Waals surface area (Å²) in [5.74, 6) is 2.39. The van der Waals surface area contributed by atoms with Crippen LogP contribution in [0.25, 0.3) is 0 Å². The summed E-state index contributed by atoms with van der Waals surface area (Å²) in [6.07, 6.45) is 8.12. The van der Waals surface area contributed by atoms with Gasteiger partial charge in [0.1, 0.15) is 11.6 Å². The molecule has 9 heteroatoms. The molecule has 8 nitrogen and oxygen atoms in total. The van der Waals surface area contributed by atoms with E-state index in [1.807, 2.05) is 0 Å². The highest BCUT2D eigenvalue weighted by molar-refractivity contribution is 7.85. The van der Waals surface area contributed by atoms with Gasteiger partial charge in [-0.3, -0.25) is 19.0 Å². The SMILES string of the molecule is CS(=O)(=O)O.C[C@]12CC[C@@H](O)C[C@@H]1CC[C@H]1[C@@H]3CC[C@H](C(=O)CN4CCOCC4)[C@@]3(C)CC(=O)[C@@H]12. The maximum Gasteiger partial charge on any atom is 0.261 e. The molecule has 5 aliphatic rings. The number of aliphatic hydroxyl groups is 1. The van der Waals surface area contributed by atoms with E-state index in [4.69, 9.17) is 9.29 Å². The number of hydrogen-bond donors (Lipinski definition) is 2. The van der Waals surface area contributed by atoms with Crippen LogP contribution in [-0.4, -0.2) is 79.8 Å². The molecule has 1 saturated heterocycles. The molecule has 4 aliphatic carbocycles. The van der Waals surface area contributed by atoms with Crippen molar-refractivity contribution < 1.29 is 32.4 Å². The Morgan fingerprint density at radius 2 is 1.74 bits per heavy atom. The summed E-state index contributed by atoms with van der Waals surface area (Å²) in [4.78, 5) is 29.3. The Hall–Kier alpha value is -0.870. The first-order valence-corrected chi connectivity index (χ1v) is 15.1. The number of Topliss-reactive ketones (excluding diaryl/α,β-unsaturated/α-hetero) is 2. The highest BCUT2D eigenvalue weighted by Crippen LogP contribution is 2.66. The second kappa shape index (κ2) is 10.1. The van der Waals surface area contributed by atoms with Crippen molar-refractivity contribution >= 4 is 21.7 Å². The van der Waals surface area contributed by atoms with Gasteiger partial charge in [-0.05, 0) is 73.5 Å². The second-order valence-corrected chi connectivity index (χ2v) is 13.8. The molecular formula is C26H43NO7S. The molecule has 4 saturated carbocycles. The lowest BCUT2D eigenvalue weighted by Gasteiger charge is -2.59. The summed E-state index contributed by atoms with van der Waals surface area (Å²) in [6.45, 7) is 8.25. The van der Waals surface area contributed by atoms with E-state index in [1.165, 1.54) is 0 Å². The van der Waals surface area contributed by atoms with E-state index in [2.05, 4.69) is 18.7 Å². The minimum absolute atomic E-state index is 0.0361. The quantitative estimate of drug-likeness (QED) is 0.553. The average Bonchev–Trinajstić information content (AvgIpc) is 3.10. The lowest BCUT2D eigenvalue weighted by molar-refractivity contribution is -0.162. The number of nitrogens with zero attached hydrogens (tertiary/aromatic N) is 1. The largest absolute Gasteiger partial charge is 0.393 e. The molecule has 0 amide bonds. The predicted octanol–water partition coefficient (Wildman–Crippen LogP) is 2.59. The minimum atomic E-state index is -3.67. The van der Waals surface area contributed by atoms with Crippen LogP contribution in [0.5, 0.6) is 0 Å². The third kappa shape index (κ3) is 5.54. The molecule has 0 unspecified atom stereocenters. The zero-order valence-electron chi connectivity index (χ0n) is 21.4. The maximum atomic E-state index is 13.7. The summed E-state index contributed by atoms with van der Waals surface area (Å²) in [5, 5.41) is 10.2. The number of fused-ring (bicyclic) bond motifs is 5. The standard InChI is InChI=1S/C25H39NO4.CH4O3S/c1-24-8-7-17(27)13-16(24)3-4-18-19-5-6-20(25(19,2)14-21(28)23(18)24)22(29)15-26-9-11-30-12-10-26;1-5(2,3)4/h16-20,23,27H,3-15H2,1-2H3;1H3,(H,2,3,4)/t16-,17+,18-,19-,20+,23+,24-,25-;/m0./s1. The number of ketones is 2. The number of carbonyl (C=O) groups excluding carboxylic acids is 2. The maximum absolute atomic E-state index is 13.7. The molecule has 1 heterocycles. The number of aliphatic hydroxyl groups excluding tert-OH is 1. The van der Waals surface area contributed by atoms with Gasteiger partial charge in [-0.15, -0.1) is 0 Å². The van der Waals surface area contributed by atoms with E-state index in [1.54, 1.807) is 0 Å². The van der Waals surface area contributed by atoms with Crippen molar-refractivity contribution in [3.8, 4) is 0 Å². The van der Waals surface area contributed by atoms with E-state index in [0.717, 1.165) is 58.0 Å². The van der Waals surface area contributed by atoms with Gasteiger partial charge in [0.25, 0.3) is 10.1 Å². The van der Waals surface area contributed by atoms with Crippen molar-refractivity contribution in [2.75, 3.05) is 39.1 Å². The molecule has 200 valence electrons. The van der Waals surface area contributed by atoms with Crippen molar-refractivity contribution in [3.63, 3.8) is 0 Å². The Labute approximate surface area is 209 Å². The number of carbonyl (C=O) groups is 2. The molecule has 1 aliphatic heterocycles. The van der Waals surface area contributed by atoms with Crippen LogP contribution in [0.2, 0.25) is 0 Å². The van der Waals surface area contributed by atoms with Crippen molar-refractivity contribution in [1.82, 2.24) is 4.90 Å². The molecular weight excluding hydrogens is 470 g/mol. The number of ether oxygens (including phenoxy) is 1. The molecule has 0 aromatic carbocycles. The van der Waals surface area contributed by atoms with Gasteiger partial charge in [-0.25, -0.2) is 0 Å². The zero-order chi connectivity index (χ0) is 25.6. The second-order valence-electron chi connectivity index (χ2n) is 12.3. The van der Waals surface area contributed by atoms with Gasteiger partial charge in [0, 0.05) is 31.3 Å². The van der Waals surface area contributed by atoms with Crippen LogP contribution in [0, 0.1) is 40.4 Å². The van der Waals surface area contributed by atoms with Gasteiger partial charge in [-0.1, -0.05) is 13.8 Å². The highest BCUT2D eigenvalue weighted by Gasteiger charge is 2.64. The molecule has 0 spiro atoms. The Morgan fingerprint density at radius 3 is 2.40 bits per heavy atom. The third-order valence-electron chi connectivity index (χ3n) is 10.2. The van der Waals surface area contributed by atoms with Crippen LogP contribution in [0.1, 0.15) is 65.2 Å². The fourth-order valence-corrected chi connectivity index (χ4v) is 8.67. The number of hydrogen-bond acceptors (Lipinski definition) is 7. The lowest BCUT2D eigenvalue weighted by Crippen LogP contribution is -2.58. The number of rotatable bonds is 3. The fourth-order valence-electron chi connectivity index (χ4n) is 8.67. The first-order chi connectivity index (χ1) is 16.3. The first kappa shape index (κ1) is 27.2. The molecule has 5 rings (SSSR count). The lowest BCUT2D eigenvalue weighted by atomic mass is 9.44. The van der Waals surface area contributed by atoms with Crippen molar-refractivity contribution in [1.29, 1.82) is 0 Å². The van der Waals surface area contributed by atoms with E-state index in [9.17, 15) is 23.1 Å². The smallest absolute Gasteiger partial charge is 0.261 e. The Kier molecular flexibility index (Phi) is 7.86.